The van der Waals surface area contributed by atoms with E-state index in [4.69, 9.17) is 4.74 Å². The van der Waals surface area contributed by atoms with E-state index >= 15 is 0 Å². The minimum atomic E-state index is -3.04. The number of hydrogen-bond acceptors (Lipinski definition) is 3. The first-order valence-corrected chi connectivity index (χ1v) is 8.00. The molecule has 1 fully saturated rings. The van der Waals surface area contributed by atoms with Crippen molar-refractivity contribution in [3.8, 4) is 0 Å². The van der Waals surface area contributed by atoms with Crippen molar-refractivity contribution in [1.82, 2.24) is 0 Å². The molecular weight excluding hydrogens is 236 g/mol. The molecule has 0 radical (unpaired) electrons. The summed E-state index contributed by atoms with van der Waals surface area (Å²) < 4.78 is 29.2. The van der Waals surface area contributed by atoms with Crippen LogP contribution in [0.25, 0.3) is 0 Å². The molecular formula is C13H24O3S. The van der Waals surface area contributed by atoms with Gasteiger partial charge in [-0.3, -0.25) is 0 Å². The summed E-state index contributed by atoms with van der Waals surface area (Å²) in [4.78, 5) is 0. The molecule has 0 bridgehead atoms. The zero-order valence-corrected chi connectivity index (χ0v) is 12.0. The van der Waals surface area contributed by atoms with Crippen LogP contribution in [0.1, 0.15) is 52.9 Å². The lowest BCUT2D eigenvalue weighted by atomic mass is 10.0. The largest absolute Gasteiger partial charge is 0.500 e. The van der Waals surface area contributed by atoms with Gasteiger partial charge >= 0.3 is 0 Å². The molecule has 1 unspecified atom stereocenters. The van der Waals surface area contributed by atoms with Gasteiger partial charge in [-0.25, -0.2) is 8.42 Å². The Labute approximate surface area is 105 Å². The molecule has 0 spiro atoms. The molecule has 1 saturated heterocycles. The van der Waals surface area contributed by atoms with Gasteiger partial charge in [0.25, 0.3) is 0 Å². The van der Waals surface area contributed by atoms with Crippen LogP contribution >= 0.6 is 0 Å². The molecule has 1 aliphatic rings. The third-order valence-corrected chi connectivity index (χ3v) is 5.98. The van der Waals surface area contributed by atoms with E-state index in [-0.39, 0.29) is 6.61 Å². The highest BCUT2D eigenvalue weighted by molar-refractivity contribution is 7.92. The van der Waals surface area contributed by atoms with Gasteiger partial charge in [0.05, 0.1) is 12.0 Å². The maximum atomic E-state index is 12.3. The number of sulfone groups is 1. The second-order valence-corrected chi connectivity index (χ2v) is 8.06. The van der Waals surface area contributed by atoms with Crippen molar-refractivity contribution >= 4 is 9.84 Å². The third kappa shape index (κ3) is 4.02. The summed E-state index contributed by atoms with van der Waals surface area (Å²) in [5, 5.41) is 0. The Bertz CT molecular complexity index is 366. The molecule has 0 aliphatic carbocycles. The van der Waals surface area contributed by atoms with E-state index < -0.39 is 14.6 Å². The summed E-state index contributed by atoms with van der Waals surface area (Å²) in [6.07, 6.45) is 6.30. The van der Waals surface area contributed by atoms with Crippen LogP contribution in [0.3, 0.4) is 0 Å². The number of rotatable bonds is 3. The molecule has 0 N–H and O–H groups in total. The minimum absolute atomic E-state index is 0.278. The summed E-state index contributed by atoms with van der Waals surface area (Å²) in [7, 11) is -3.04. The molecule has 1 heterocycles. The quantitative estimate of drug-likeness (QED) is 0.732. The van der Waals surface area contributed by atoms with Crippen LogP contribution in [0.2, 0.25) is 0 Å². The lowest BCUT2D eigenvalue weighted by Crippen LogP contribution is -2.42. The van der Waals surface area contributed by atoms with Gasteiger partial charge in [0.1, 0.15) is 11.4 Å². The highest BCUT2D eigenvalue weighted by atomic mass is 32.2. The van der Waals surface area contributed by atoms with E-state index in [1.807, 2.05) is 20.8 Å². The summed E-state index contributed by atoms with van der Waals surface area (Å²) in [5.41, 5.74) is 1.05. The second kappa shape index (κ2) is 5.89. The second-order valence-electron chi connectivity index (χ2n) is 5.44. The van der Waals surface area contributed by atoms with Crippen molar-refractivity contribution in [3.05, 3.63) is 11.8 Å². The van der Waals surface area contributed by atoms with Crippen molar-refractivity contribution in [2.24, 2.45) is 0 Å². The highest BCUT2D eigenvalue weighted by Gasteiger charge is 2.39. The fourth-order valence-electron chi connectivity index (χ4n) is 2.09. The smallest absolute Gasteiger partial charge is 0.159 e. The Morgan fingerprint density at radius 1 is 1.24 bits per heavy atom. The SMILES string of the molecule is CC(C)=COCC1(C)CCCCCCS1(=O)=O. The summed E-state index contributed by atoms with van der Waals surface area (Å²) >= 11 is 0. The van der Waals surface area contributed by atoms with E-state index in [1.54, 1.807) is 6.26 Å². The number of hydrogen-bond donors (Lipinski definition) is 0. The van der Waals surface area contributed by atoms with E-state index in [0.717, 1.165) is 31.3 Å². The summed E-state index contributed by atoms with van der Waals surface area (Å²) in [5.74, 6) is 0.307. The van der Waals surface area contributed by atoms with Gasteiger partial charge in [-0.2, -0.15) is 0 Å². The van der Waals surface area contributed by atoms with Crippen molar-refractivity contribution in [2.45, 2.75) is 57.6 Å². The zero-order chi connectivity index (χ0) is 12.9. The Kier molecular flexibility index (Phi) is 5.04. The van der Waals surface area contributed by atoms with Crippen molar-refractivity contribution in [1.29, 1.82) is 0 Å². The van der Waals surface area contributed by atoms with Gasteiger partial charge in [0.2, 0.25) is 0 Å². The predicted molar refractivity (Wildman–Crippen MR) is 70.7 cm³/mol. The fourth-order valence-corrected chi connectivity index (χ4v) is 3.87. The molecule has 1 aliphatic heterocycles. The first-order chi connectivity index (χ1) is 7.87. The van der Waals surface area contributed by atoms with Gasteiger partial charge in [0, 0.05) is 0 Å². The van der Waals surface area contributed by atoms with E-state index in [2.05, 4.69) is 0 Å². The summed E-state index contributed by atoms with van der Waals surface area (Å²) in [6, 6.07) is 0. The van der Waals surface area contributed by atoms with Gasteiger partial charge in [0.15, 0.2) is 9.84 Å². The minimum Gasteiger partial charge on any atom is -0.500 e. The lowest BCUT2D eigenvalue weighted by molar-refractivity contribution is 0.203. The van der Waals surface area contributed by atoms with Crippen LogP contribution in [0.4, 0.5) is 0 Å². The molecule has 17 heavy (non-hydrogen) atoms. The molecule has 1 atom stereocenters. The van der Waals surface area contributed by atoms with Crippen LogP contribution in [0, 0.1) is 0 Å². The highest BCUT2D eigenvalue weighted by Crippen LogP contribution is 2.29. The molecule has 1 rings (SSSR count). The first kappa shape index (κ1) is 14.6. The van der Waals surface area contributed by atoms with Gasteiger partial charge in [-0.15, -0.1) is 0 Å². The normalized spacial score (nSPS) is 28.9. The van der Waals surface area contributed by atoms with Crippen molar-refractivity contribution in [3.63, 3.8) is 0 Å². The van der Waals surface area contributed by atoms with Crippen molar-refractivity contribution in [2.75, 3.05) is 12.4 Å². The maximum absolute atomic E-state index is 12.3. The van der Waals surface area contributed by atoms with Crippen LogP contribution < -0.4 is 0 Å². The van der Waals surface area contributed by atoms with Crippen LogP contribution in [0.5, 0.6) is 0 Å². The van der Waals surface area contributed by atoms with Gasteiger partial charge in [-0.05, 0) is 39.2 Å². The van der Waals surface area contributed by atoms with Gasteiger partial charge < -0.3 is 4.74 Å². The fraction of sp³-hybridized carbons (Fsp3) is 0.846. The Hall–Kier alpha value is -0.510. The Morgan fingerprint density at radius 2 is 1.88 bits per heavy atom. The third-order valence-electron chi connectivity index (χ3n) is 3.33. The first-order valence-electron chi connectivity index (χ1n) is 6.35. The standard InChI is InChI=1S/C13H24O3S/c1-12(2)10-16-11-13(3)8-6-4-5-7-9-17(13,14)15/h10H,4-9,11H2,1-3H3. The molecule has 0 aromatic carbocycles. The zero-order valence-electron chi connectivity index (χ0n) is 11.2. The van der Waals surface area contributed by atoms with Crippen molar-refractivity contribution < 1.29 is 13.2 Å². The van der Waals surface area contributed by atoms with Gasteiger partial charge in [-0.1, -0.05) is 19.3 Å². The predicted octanol–water partition coefficient (Wildman–Crippen LogP) is 3.06. The molecule has 3 nitrogen and oxygen atoms in total. The van der Waals surface area contributed by atoms with Crippen LogP contribution in [0.15, 0.2) is 11.8 Å². The number of ether oxygens (including phenoxy) is 1. The van der Waals surface area contributed by atoms with E-state index in [9.17, 15) is 8.42 Å². The topological polar surface area (TPSA) is 43.4 Å². The maximum Gasteiger partial charge on any atom is 0.159 e. The lowest BCUT2D eigenvalue weighted by Gasteiger charge is -2.30. The monoisotopic (exact) mass is 260 g/mol. The average Bonchev–Trinajstić information content (AvgIpc) is 2.20. The molecule has 0 saturated carbocycles. The molecule has 0 aromatic rings. The number of allylic oxidation sites excluding steroid dienone is 1. The molecule has 4 heteroatoms. The Balaban J connectivity index is 2.76. The average molecular weight is 260 g/mol. The molecule has 0 amide bonds. The molecule has 100 valence electrons. The molecule has 0 aromatic heterocycles. The van der Waals surface area contributed by atoms with Crippen LogP contribution in [-0.2, 0) is 14.6 Å². The van der Waals surface area contributed by atoms with E-state index in [1.165, 1.54) is 0 Å². The van der Waals surface area contributed by atoms with Crippen LogP contribution in [-0.4, -0.2) is 25.5 Å². The summed E-state index contributed by atoms with van der Waals surface area (Å²) in [6.45, 7) is 5.98. The Morgan fingerprint density at radius 3 is 2.53 bits per heavy atom. The van der Waals surface area contributed by atoms with E-state index in [0.29, 0.717) is 12.2 Å².